The normalized spacial score (nSPS) is 11.5. The first-order chi connectivity index (χ1) is 12.0. The van der Waals surface area contributed by atoms with Crippen LogP contribution in [0.15, 0.2) is 47.0 Å². The minimum atomic E-state index is -0.545. The van der Waals surface area contributed by atoms with Gasteiger partial charge in [0.15, 0.2) is 11.9 Å². The highest BCUT2D eigenvalue weighted by atomic mass is 35.5. The van der Waals surface area contributed by atoms with Gasteiger partial charge in [0.1, 0.15) is 5.52 Å². The van der Waals surface area contributed by atoms with Crippen molar-refractivity contribution in [2.45, 2.75) is 0 Å². The Morgan fingerprint density at radius 1 is 1.24 bits per heavy atom. The number of nitrogens with one attached hydrogen (secondary N) is 1. The number of rotatable bonds is 5. The summed E-state index contributed by atoms with van der Waals surface area (Å²) < 4.78 is 5.51. The van der Waals surface area contributed by atoms with Crippen molar-refractivity contribution in [3.63, 3.8) is 0 Å². The standard InChI is InChI=1S/C16H9Cl2N3O4/c17-10-1-4-15-14(5-10)20-16(25-15)9(8-22)7-19-13-6-11(21(23)24)2-3-12(13)18/h1-8,19H. The second-order valence-electron chi connectivity index (χ2n) is 4.91. The van der Waals surface area contributed by atoms with E-state index in [9.17, 15) is 14.9 Å². The molecule has 0 fully saturated rings. The van der Waals surface area contributed by atoms with Crippen LogP contribution in [-0.4, -0.2) is 16.2 Å². The fraction of sp³-hybridized carbons (Fsp3) is 0. The van der Waals surface area contributed by atoms with Gasteiger partial charge in [0.2, 0.25) is 5.89 Å². The molecular formula is C16H9Cl2N3O4. The highest BCUT2D eigenvalue weighted by Crippen LogP contribution is 2.28. The van der Waals surface area contributed by atoms with E-state index in [-0.39, 0.29) is 27.9 Å². The van der Waals surface area contributed by atoms with Crippen molar-refractivity contribution < 1.29 is 14.1 Å². The molecule has 1 heterocycles. The fourth-order valence-corrected chi connectivity index (χ4v) is 2.40. The monoisotopic (exact) mass is 377 g/mol. The van der Waals surface area contributed by atoms with Gasteiger partial charge in [-0.15, -0.1) is 0 Å². The summed E-state index contributed by atoms with van der Waals surface area (Å²) >= 11 is 11.9. The molecule has 0 aliphatic rings. The van der Waals surface area contributed by atoms with Crippen molar-refractivity contribution in [3.8, 4) is 0 Å². The maximum Gasteiger partial charge on any atom is 0.271 e. The summed E-state index contributed by atoms with van der Waals surface area (Å²) in [7, 11) is 0. The van der Waals surface area contributed by atoms with Crippen LogP contribution in [-0.2, 0) is 4.79 Å². The number of hydrogen-bond donors (Lipinski definition) is 1. The fourth-order valence-electron chi connectivity index (χ4n) is 2.06. The molecular weight excluding hydrogens is 369 g/mol. The second-order valence-corrected chi connectivity index (χ2v) is 5.76. The zero-order chi connectivity index (χ0) is 18.0. The lowest BCUT2D eigenvalue weighted by Crippen LogP contribution is -1.96. The number of nitro benzene ring substituents is 1. The number of benzene rings is 2. The van der Waals surface area contributed by atoms with Gasteiger partial charge in [-0.1, -0.05) is 23.2 Å². The van der Waals surface area contributed by atoms with E-state index >= 15 is 0 Å². The van der Waals surface area contributed by atoms with E-state index in [1.54, 1.807) is 18.2 Å². The average molecular weight is 378 g/mol. The predicted molar refractivity (Wildman–Crippen MR) is 94.8 cm³/mol. The van der Waals surface area contributed by atoms with Gasteiger partial charge in [-0.3, -0.25) is 14.9 Å². The van der Waals surface area contributed by atoms with Crippen LogP contribution >= 0.6 is 23.2 Å². The Labute approximate surface area is 151 Å². The van der Waals surface area contributed by atoms with E-state index < -0.39 is 4.92 Å². The zero-order valence-corrected chi connectivity index (χ0v) is 13.9. The number of non-ortho nitro benzene ring substituents is 1. The van der Waals surface area contributed by atoms with Crippen LogP contribution in [0.3, 0.4) is 0 Å². The number of aromatic nitrogens is 1. The molecule has 0 saturated heterocycles. The van der Waals surface area contributed by atoms with E-state index in [1.165, 1.54) is 24.4 Å². The Kier molecular flexibility index (Phi) is 4.69. The van der Waals surface area contributed by atoms with Gasteiger partial charge in [-0.2, -0.15) is 0 Å². The highest BCUT2D eigenvalue weighted by molar-refractivity contribution is 6.33. The van der Waals surface area contributed by atoms with Crippen LogP contribution in [0.25, 0.3) is 16.7 Å². The quantitative estimate of drug-likeness (QED) is 0.299. The molecule has 0 amide bonds. The number of nitrogens with zero attached hydrogens (tertiary/aromatic N) is 2. The smallest absolute Gasteiger partial charge is 0.271 e. The van der Waals surface area contributed by atoms with Crippen LogP contribution in [0, 0.1) is 10.1 Å². The third-order valence-electron chi connectivity index (χ3n) is 3.27. The van der Waals surface area contributed by atoms with Crippen LogP contribution < -0.4 is 5.32 Å². The van der Waals surface area contributed by atoms with Gasteiger partial charge in [-0.25, -0.2) is 4.98 Å². The number of fused-ring (bicyclic) bond motifs is 1. The summed E-state index contributed by atoms with van der Waals surface area (Å²) in [5, 5.41) is 14.3. The Balaban J connectivity index is 1.93. The molecule has 0 bridgehead atoms. The zero-order valence-electron chi connectivity index (χ0n) is 12.4. The Bertz CT molecular complexity index is 1010. The topological polar surface area (TPSA) is 98.3 Å². The maximum absolute atomic E-state index is 11.4. The van der Waals surface area contributed by atoms with Crippen molar-refractivity contribution in [1.29, 1.82) is 0 Å². The minimum absolute atomic E-state index is 0.0846. The van der Waals surface area contributed by atoms with Crippen LogP contribution in [0.5, 0.6) is 0 Å². The number of carbonyl (C=O) groups excluding carboxylic acids is 1. The summed E-state index contributed by atoms with van der Waals surface area (Å²) in [4.78, 5) is 25.8. The Morgan fingerprint density at radius 3 is 2.76 bits per heavy atom. The van der Waals surface area contributed by atoms with Crippen molar-refractivity contribution in [3.05, 3.63) is 68.6 Å². The third kappa shape index (κ3) is 3.62. The predicted octanol–water partition coefficient (Wildman–Crippen LogP) is 4.69. The molecule has 0 saturated carbocycles. The van der Waals surface area contributed by atoms with Crippen LogP contribution in [0.2, 0.25) is 10.0 Å². The largest absolute Gasteiger partial charge is 0.436 e. The molecule has 9 heteroatoms. The first kappa shape index (κ1) is 16.9. The van der Waals surface area contributed by atoms with Gasteiger partial charge in [0.25, 0.3) is 5.69 Å². The number of carbonyl (C=O) groups is 1. The number of allylic oxidation sites excluding steroid dienone is 1. The van der Waals surface area contributed by atoms with Gasteiger partial charge in [0, 0.05) is 23.4 Å². The highest BCUT2D eigenvalue weighted by Gasteiger charge is 2.12. The molecule has 0 unspecified atom stereocenters. The van der Waals surface area contributed by atoms with Crippen molar-refractivity contribution in [1.82, 2.24) is 4.98 Å². The molecule has 126 valence electrons. The molecule has 0 aliphatic heterocycles. The first-order valence-electron chi connectivity index (χ1n) is 6.90. The number of anilines is 1. The average Bonchev–Trinajstić information content (AvgIpc) is 2.99. The maximum atomic E-state index is 11.4. The molecule has 0 radical (unpaired) electrons. The van der Waals surface area contributed by atoms with Gasteiger partial charge < -0.3 is 9.73 Å². The number of aldehydes is 1. The lowest BCUT2D eigenvalue weighted by atomic mass is 10.2. The van der Waals surface area contributed by atoms with Gasteiger partial charge >= 0.3 is 0 Å². The number of halogens is 2. The molecule has 1 aromatic heterocycles. The SMILES string of the molecule is O=CC(=CNc1cc([N+](=O)[O-])ccc1Cl)c1nc2cc(Cl)ccc2o1. The number of oxazole rings is 1. The van der Waals surface area contributed by atoms with E-state index in [2.05, 4.69) is 10.3 Å². The summed E-state index contributed by atoms with van der Waals surface area (Å²) in [5.41, 5.74) is 1.22. The first-order valence-corrected chi connectivity index (χ1v) is 7.66. The molecule has 0 atom stereocenters. The van der Waals surface area contributed by atoms with E-state index in [0.29, 0.717) is 22.4 Å². The number of hydrogen-bond acceptors (Lipinski definition) is 6. The van der Waals surface area contributed by atoms with E-state index in [0.717, 1.165) is 0 Å². The molecule has 7 nitrogen and oxygen atoms in total. The van der Waals surface area contributed by atoms with Crippen molar-refractivity contribution in [2.24, 2.45) is 0 Å². The lowest BCUT2D eigenvalue weighted by Gasteiger charge is -2.04. The Morgan fingerprint density at radius 2 is 2.04 bits per heavy atom. The second kappa shape index (κ2) is 6.92. The molecule has 2 aromatic carbocycles. The molecule has 0 spiro atoms. The summed E-state index contributed by atoms with van der Waals surface area (Å²) in [6.45, 7) is 0. The van der Waals surface area contributed by atoms with E-state index in [4.69, 9.17) is 27.6 Å². The van der Waals surface area contributed by atoms with Crippen molar-refractivity contribution in [2.75, 3.05) is 5.32 Å². The molecule has 0 aliphatic carbocycles. The summed E-state index contributed by atoms with van der Waals surface area (Å²) in [5.74, 6) is 0.0846. The molecule has 1 N–H and O–H groups in total. The summed E-state index contributed by atoms with van der Waals surface area (Å²) in [6, 6.07) is 8.82. The molecule has 3 rings (SSSR count). The van der Waals surface area contributed by atoms with Gasteiger partial charge in [0.05, 0.1) is 21.2 Å². The van der Waals surface area contributed by atoms with Crippen LogP contribution in [0.4, 0.5) is 11.4 Å². The van der Waals surface area contributed by atoms with Crippen molar-refractivity contribution >= 4 is 57.5 Å². The Hall–Kier alpha value is -2.90. The third-order valence-corrected chi connectivity index (χ3v) is 3.83. The van der Waals surface area contributed by atoms with Gasteiger partial charge in [-0.05, 0) is 24.3 Å². The van der Waals surface area contributed by atoms with E-state index in [1.807, 2.05) is 0 Å². The molecule has 25 heavy (non-hydrogen) atoms. The summed E-state index contributed by atoms with van der Waals surface area (Å²) in [6.07, 6.45) is 1.86. The minimum Gasteiger partial charge on any atom is -0.436 e. The molecule has 3 aromatic rings. The van der Waals surface area contributed by atoms with Crippen LogP contribution in [0.1, 0.15) is 5.89 Å². The number of nitro groups is 1. The lowest BCUT2D eigenvalue weighted by molar-refractivity contribution is -0.384.